The first-order valence-electron chi connectivity index (χ1n) is 17.0. The third-order valence-electron chi connectivity index (χ3n) is 8.60. The molecule has 1 aliphatic heterocycles. The molecular formula is C36H50N6O9. The number of hydrogen-bond acceptors (Lipinski definition) is 10. The zero-order valence-electron chi connectivity index (χ0n) is 28.9. The van der Waals surface area contributed by atoms with Crippen LogP contribution >= 0.6 is 0 Å². The molecule has 15 nitrogen and oxygen atoms in total. The van der Waals surface area contributed by atoms with Gasteiger partial charge in [0.2, 0.25) is 5.91 Å². The lowest BCUT2D eigenvalue weighted by Gasteiger charge is -2.37. The van der Waals surface area contributed by atoms with Crippen molar-refractivity contribution >= 4 is 29.8 Å². The van der Waals surface area contributed by atoms with Crippen LogP contribution in [0.15, 0.2) is 61.2 Å². The fraction of sp³-hybridized carbons (Fsp3) is 0.472. The van der Waals surface area contributed by atoms with Crippen LogP contribution in [0.4, 0.5) is 0 Å². The zero-order valence-corrected chi connectivity index (χ0v) is 28.9. The Hall–Kier alpha value is -4.67. The normalized spacial score (nSPS) is 17.1. The first-order chi connectivity index (χ1) is 24.4. The third kappa shape index (κ3) is 15.8. The Morgan fingerprint density at radius 2 is 1.25 bits per heavy atom. The lowest BCUT2D eigenvalue weighted by Crippen LogP contribution is -2.53. The summed E-state index contributed by atoms with van der Waals surface area (Å²) in [6.45, 7) is 5.82. The minimum absolute atomic E-state index is 0.192. The predicted octanol–water partition coefficient (Wildman–Crippen LogP) is 0.607. The molecule has 6 N–H and O–H groups in total. The van der Waals surface area contributed by atoms with E-state index in [-0.39, 0.29) is 77.9 Å². The number of carbonyl (C=O) groups is 5. The molecule has 1 atom stereocenters. The van der Waals surface area contributed by atoms with Crippen molar-refractivity contribution in [3.63, 3.8) is 0 Å². The van der Waals surface area contributed by atoms with Crippen LogP contribution in [0, 0.1) is 0 Å². The van der Waals surface area contributed by atoms with E-state index in [1.165, 1.54) is 6.08 Å². The average Bonchev–Trinajstić information content (AvgIpc) is 3.07. The quantitative estimate of drug-likeness (QED) is 0.0928. The van der Waals surface area contributed by atoms with Gasteiger partial charge >= 0.3 is 23.9 Å². The van der Waals surface area contributed by atoms with Crippen LogP contribution in [0.3, 0.4) is 0 Å². The number of carbonyl (C=O) groups excluding carboxylic acids is 1. The molecule has 1 amide bonds. The summed E-state index contributed by atoms with van der Waals surface area (Å²) in [7, 11) is 0. The van der Waals surface area contributed by atoms with Gasteiger partial charge in [-0.3, -0.25) is 43.6 Å². The van der Waals surface area contributed by atoms with Gasteiger partial charge in [-0.25, -0.2) is 0 Å². The van der Waals surface area contributed by atoms with E-state index in [0.29, 0.717) is 19.5 Å². The van der Waals surface area contributed by atoms with E-state index in [4.69, 9.17) is 0 Å². The van der Waals surface area contributed by atoms with Crippen molar-refractivity contribution in [3.05, 3.63) is 72.3 Å². The molecule has 0 spiro atoms. The number of carboxylic acids is 4. The number of amides is 1. The first kappa shape index (κ1) is 40.8. The second kappa shape index (κ2) is 21.5. The average molecular weight is 711 g/mol. The van der Waals surface area contributed by atoms with Crippen molar-refractivity contribution < 1.29 is 44.4 Å². The molecule has 2 aromatic rings. The van der Waals surface area contributed by atoms with E-state index in [2.05, 4.69) is 23.3 Å². The molecule has 0 saturated carbocycles. The molecule has 1 aliphatic rings. The maximum Gasteiger partial charge on any atom is 0.317 e. The van der Waals surface area contributed by atoms with Gasteiger partial charge in [0.25, 0.3) is 0 Å². The summed E-state index contributed by atoms with van der Waals surface area (Å²) in [5.41, 5.74) is 4.03. The van der Waals surface area contributed by atoms with Crippen molar-refractivity contribution in [1.82, 2.24) is 30.2 Å². The van der Waals surface area contributed by atoms with Gasteiger partial charge in [0.15, 0.2) is 0 Å². The van der Waals surface area contributed by atoms with Gasteiger partial charge in [0.1, 0.15) is 0 Å². The second-order valence-electron chi connectivity index (χ2n) is 12.6. The number of benzene rings is 2. The van der Waals surface area contributed by atoms with Crippen molar-refractivity contribution in [2.75, 3.05) is 85.1 Å². The summed E-state index contributed by atoms with van der Waals surface area (Å²) < 4.78 is 0. The Labute approximate surface area is 298 Å². The summed E-state index contributed by atoms with van der Waals surface area (Å²) in [4.78, 5) is 65.2. The highest BCUT2D eigenvalue weighted by atomic mass is 16.4. The predicted molar refractivity (Wildman–Crippen MR) is 190 cm³/mol. The lowest BCUT2D eigenvalue weighted by molar-refractivity contribution is -0.142. The summed E-state index contributed by atoms with van der Waals surface area (Å²) in [5, 5.41) is 44.6. The highest BCUT2D eigenvalue weighted by Gasteiger charge is 2.27. The minimum atomic E-state index is -1.06. The number of nitrogens with one attached hydrogen (secondary N) is 2. The smallest absolute Gasteiger partial charge is 0.317 e. The standard InChI is InChI=1S/C36H50N6O9/c1-2-32(43)38-12-4-11-37-21-28-5-3-6-30(19-28)29-9-7-27(8-10-29)20-31-22-41(25-35(48)49)16-15-39(23-33(44)45)13-14-40(24-34(46)47)17-18-42(31)26-36(50)51/h2-3,5-10,19,31,37H,1,4,11-18,20-26H2,(H,38,43)(H,44,45)(H,46,47)(H,48,49)(H,50,51). The number of rotatable bonds is 18. The van der Waals surface area contributed by atoms with E-state index in [0.717, 1.165) is 35.2 Å². The van der Waals surface area contributed by atoms with Crippen LogP contribution in [0.5, 0.6) is 0 Å². The monoisotopic (exact) mass is 710 g/mol. The third-order valence-corrected chi connectivity index (χ3v) is 8.60. The van der Waals surface area contributed by atoms with E-state index in [1.807, 2.05) is 42.5 Å². The molecular weight excluding hydrogens is 660 g/mol. The fourth-order valence-corrected chi connectivity index (χ4v) is 6.05. The number of aliphatic carboxylic acids is 4. The Morgan fingerprint density at radius 1 is 0.686 bits per heavy atom. The number of carboxylic acid groups (broad SMARTS) is 4. The first-order valence-corrected chi connectivity index (χ1v) is 17.0. The molecule has 2 aromatic carbocycles. The molecule has 3 rings (SSSR count). The minimum Gasteiger partial charge on any atom is -0.480 e. The van der Waals surface area contributed by atoms with Crippen molar-refractivity contribution in [1.29, 1.82) is 0 Å². The molecule has 1 heterocycles. The molecule has 0 radical (unpaired) electrons. The molecule has 278 valence electrons. The van der Waals surface area contributed by atoms with Crippen LogP contribution in [0.1, 0.15) is 17.5 Å². The van der Waals surface area contributed by atoms with Gasteiger partial charge in [-0.2, -0.15) is 0 Å². The molecule has 15 heteroatoms. The second-order valence-corrected chi connectivity index (χ2v) is 12.6. The van der Waals surface area contributed by atoms with Crippen molar-refractivity contribution in [2.45, 2.75) is 25.4 Å². The summed E-state index contributed by atoms with van der Waals surface area (Å²) >= 11 is 0. The Balaban J connectivity index is 1.79. The van der Waals surface area contributed by atoms with Gasteiger partial charge in [-0.15, -0.1) is 0 Å². The van der Waals surface area contributed by atoms with Crippen LogP contribution in [-0.4, -0.2) is 161 Å². The molecule has 51 heavy (non-hydrogen) atoms. The molecule has 0 bridgehead atoms. The maximum atomic E-state index is 12.0. The van der Waals surface area contributed by atoms with Crippen LogP contribution < -0.4 is 10.6 Å². The molecule has 0 aliphatic carbocycles. The van der Waals surface area contributed by atoms with Crippen LogP contribution in [0.25, 0.3) is 11.1 Å². The van der Waals surface area contributed by atoms with Gasteiger partial charge in [0.05, 0.1) is 26.2 Å². The Bertz CT molecular complexity index is 1470. The molecule has 1 saturated heterocycles. The van der Waals surface area contributed by atoms with E-state index < -0.39 is 29.9 Å². The van der Waals surface area contributed by atoms with E-state index in [1.54, 1.807) is 19.6 Å². The maximum absolute atomic E-state index is 12.0. The Morgan fingerprint density at radius 3 is 1.84 bits per heavy atom. The number of nitrogens with zero attached hydrogens (tertiary/aromatic N) is 4. The van der Waals surface area contributed by atoms with E-state index in [9.17, 15) is 44.4 Å². The topological polar surface area (TPSA) is 203 Å². The van der Waals surface area contributed by atoms with E-state index >= 15 is 0 Å². The van der Waals surface area contributed by atoms with Gasteiger partial charge in [-0.1, -0.05) is 49.0 Å². The van der Waals surface area contributed by atoms with Crippen LogP contribution in [-0.2, 0) is 36.9 Å². The van der Waals surface area contributed by atoms with Crippen LogP contribution in [0.2, 0.25) is 0 Å². The molecule has 1 fully saturated rings. The van der Waals surface area contributed by atoms with Gasteiger partial charge < -0.3 is 31.1 Å². The number of hydrogen-bond donors (Lipinski definition) is 6. The Kier molecular flexibility index (Phi) is 17.2. The summed E-state index contributed by atoms with van der Waals surface area (Å²) in [6, 6.07) is 15.6. The lowest BCUT2D eigenvalue weighted by atomic mass is 9.98. The highest BCUT2D eigenvalue weighted by molar-refractivity contribution is 5.86. The zero-order chi connectivity index (χ0) is 37.2. The van der Waals surface area contributed by atoms with Crippen molar-refractivity contribution in [2.24, 2.45) is 0 Å². The SMILES string of the molecule is C=CC(=O)NCCCNCc1cccc(-c2ccc(CC3CN(CC(=O)O)CCN(CC(=O)O)CCN(CC(=O)O)CCN3CC(=O)O)cc2)c1. The fourth-order valence-electron chi connectivity index (χ4n) is 6.05. The van der Waals surface area contributed by atoms with Gasteiger partial charge in [0, 0.05) is 64.9 Å². The largest absolute Gasteiger partial charge is 0.480 e. The van der Waals surface area contributed by atoms with Crippen molar-refractivity contribution in [3.8, 4) is 11.1 Å². The van der Waals surface area contributed by atoms with Gasteiger partial charge in [-0.05, 0) is 53.8 Å². The molecule has 1 unspecified atom stereocenters. The highest BCUT2D eigenvalue weighted by Crippen LogP contribution is 2.22. The molecule has 0 aromatic heterocycles. The summed E-state index contributed by atoms with van der Waals surface area (Å²) in [6.07, 6.45) is 2.43. The summed E-state index contributed by atoms with van der Waals surface area (Å²) in [5.74, 6) is -4.39.